The van der Waals surface area contributed by atoms with E-state index in [4.69, 9.17) is 5.73 Å². The van der Waals surface area contributed by atoms with Gasteiger partial charge in [0.1, 0.15) is 4.90 Å². The topological polar surface area (TPSA) is 72.2 Å². The van der Waals surface area contributed by atoms with Crippen molar-refractivity contribution in [3.63, 3.8) is 0 Å². The summed E-state index contributed by atoms with van der Waals surface area (Å²) in [6.07, 6.45) is 0.811. The van der Waals surface area contributed by atoms with Crippen LogP contribution in [-0.4, -0.2) is 26.5 Å². The summed E-state index contributed by atoms with van der Waals surface area (Å²) in [5.74, 6) is 2.00. The number of halogens is 1. The minimum atomic E-state index is -3.51. The minimum absolute atomic E-state index is 0.125. The molecule has 0 fully saturated rings. The zero-order chi connectivity index (χ0) is 13.6. The Balaban J connectivity index is 2.66. The number of thioether (sulfide) groups is 1. The lowest BCUT2D eigenvalue weighted by atomic mass is 10.3. The second-order valence-electron chi connectivity index (χ2n) is 3.63. The summed E-state index contributed by atoms with van der Waals surface area (Å²) in [7, 11) is -3.51. The van der Waals surface area contributed by atoms with Crippen LogP contribution in [0.3, 0.4) is 0 Å². The molecule has 0 aliphatic heterocycles. The molecule has 4 nitrogen and oxygen atoms in total. The molecule has 0 saturated carbocycles. The summed E-state index contributed by atoms with van der Waals surface area (Å²) >= 11 is 5.03. The fourth-order valence-corrected chi connectivity index (χ4v) is 3.72. The summed E-state index contributed by atoms with van der Waals surface area (Å²) in [5, 5.41) is 0. The summed E-state index contributed by atoms with van der Waals surface area (Å²) in [6.45, 7) is 2.51. The summed E-state index contributed by atoms with van der Waals surface area (Å²) in [4.78, 5) is 0.125. The second-order valence-corrected chi connectivity index (χ2v) is 7.68. The number of benzene rings is 1. The van der Waals surface area contributed by atoms with Crippen molar-refractivity contribution < 1.29 is 8.42 Å². The predicted octanol–water partition coefficient (Wildman–Crippen LogP) is 2.45. The summed E-state index contributed by atoms with van der Waals surface area (Å²) < 4.78 is 27.3. The molecular formula is C11H17BrN2O2S2. The number of nitrogen functional groups attached to an aromatic ring is 1. The minimum Gasteiger partial charge on any atom is -0.398 e. The molecule has 0 bridgehead atoms. The molecule has 18 heavy (non-hydrogen) atoms. The van der Waals surface area contributed by atoms with Crippen LogP contribution in [0.4, 0.5) is 5.69 Å². The van der Waals surface area contributed by atoms with E-state index in [1.54, 1.807) is 23.9 Å². The van der Waals surface area contributed by atoms with Gasteiger partial charge in [0, 0.05) is 11.0 Å². The molecule has 1 aromatic rings. The van der Waals surface area contributed by atoms with Crippen molar-refractivity contribution in [2.24, 2.45) is 0 Å². The number of nitrogens with two attached hydrogens (primary N) is 1. The van der Waals surface area contributed by atoms with Gasteiger partial charge >= 0.3 is 0 Å². The number of hydrogen-bond acceptors (Lipinski definition) is 4. The molecule has 0 aliphatic rings. The molecule has 0 aromatic heterocycles. The van der Waals surface area contributed by atoms with Crippen molar-refractivity contribution in [3.8, 4) is 0 Å². The maximum absolute atomic E-state index is 12.0. The number of rotatable bonds is 7. The molecule has 1 aromatic carbocycles. The Morgan fingerprint density at radius 2 is 2.17 bits per heavy atom. The van der Waals surface area contributed by atoms with Crippen molar-refractivity contribution in [2.45, 2.75) is 18.2 Å². The summed E-state index contributed by atoms with van der Waals surface area (Å²) in [6, 6.07) is 4.80. The van der Waals surface area contributed by atoms with Gasteiger partial charge in [-0.2, -0.15) is 11.8 Å². The molecule has 102 valence electrons. The molecule has 0 amide bonds. The molecule has 0 spiro atoms. The lowest BCUT2D eigenvalue weighted by Crippen LogP contribution is -2.26. The van der Waals surface area contributed by atoms with Crippen LogP contribution in [0.5, 0.6) is 0 Å². The lowest BCUT2D eigenvalue weighted by Gasteiger charge is -2.09. The van der Waals surface area contributed by atoms with Gasteiger partial charge in [-0.05, 0) is 36.1 Å². The van der Waals surface area contributed by atoms with E-state index in [0.29, 0.717) is 11.0 Å². The van der Waals surface area contributed by atoms with Crippen molar-refractivity contribution in [1.82, 2.24) is 4.72 Å². The Labute approximate surface area is 121 Å². The van der Waals surface area contributed by atoms with E-state index >= 15 is 0 Å². The van der Waals surface area contributed by atoms with Crippen molar-refractivity contribution in [3.05, 3.63) is 22.7 Å². The summed E-state index contributed by atoms with van der Waals surface area (Å²) in [5.41, 5.74) is 5.94. The normalized spacial score (nSPS) is 11.7. The average Bonchev–Trinajstić information content (AvgIpc) is 2.32. The molecular weight excluding hydrogens is 336 g/mol. The zero-order valence-corrected chi connectivity index (χ0v) is 13.4. The highest BCUT2D eigenvalue weighted by molar-refractivity contribution is 9.10. The van der Waals surface area contributed by atoms with E-state index < -0.39 is 10.0 Å². The molecule has 0 heterocycles. The Morgan fingerprint density at radius 3 is 2.83 bits per heavy atom. The number of sulfonamides is 1. The van der Waals surface area contributed by atoms with Gasteiger partial charge in [0.05, 0.1) is 5.69 Å². The first-order valence-electron chi connectivity index (χ1n) is 5.60. The highest BCUT2D eigenvalue weighted by Gasteiger charge is 2.16. The van der Waals surface area contributed by atoms with Crippen LogP contribution in [0.25, 0.3) is 0 Å². The SMILES string of the molecule is CCSCCCNS(=O)(=O)c1cc(Br)ccc1N. The predicted molar refractivity (Wildman–Crippen MR) is 81.4 cm³/mol. The van der Waals surface area contributed by atoms with E-state index in [1.165, 1.54) is 6.07 Å². The molecule has 7 heteroatoms. The number of hydrogen-bond donors (Lipinski definition) is 2. The van der Waals surface area contributed by atoms with Crippen LogP contribution >= 0.6 is 27.7 Å². The van der Waals surface area contributed by atoms with Gasteiger partial charge in [0.2, 0.25) is 10.0 Å². The Kier molecular flexibility index (Phi) is 6.48. The average molecular weight is 353 g/mol. The van der Waals surface area contributed by atoms with Crippen molar-refractivity contribution in [2.75, 3.05) is 23.8 Å². The third kappa shape index (κ3) is 4.79. The van der Waals surface area contributed by atoms with Crippen LogP contribution in [0, 0.1) is 0 Å². The third-order valence-electron chi connectivity index (χ3n) is 2.23. The Morgan fingerprint density at radius 1 is 1.44 bits per heavy atom. The fraction of sp³-hybridized carbons (Fsp3) is 0.455. The van der Waals surface area contributed by atoms with Gasteiger partial charge in [-0.1, -0.05) is 22.9 Å². The van der Waals surface area contributed by atoms with E-state index in [9.17, 15) is 8.42 Å². The third-order valence-corrected chi connectivity index (χ3v) is 5.22. The van der Waals surface area contributed by atoms with Gasteiger partial charge in [-0.25, -0.2) is 13.1 Å². The first kappa shape index (κ1) is 15.8. The zero-order valence-electron chi connectivity index (χ0n) is 10.1. The maximum Gasteiger partial charge on any atom is 0.242 e. The van der Waals surface area contributed by atoms with Gasteiger partial charge < -0.3 is 5.73 Å². The monoisotopic (exact) mass is 352 g/mol. The highest BCUT2D eigenvalue weighted by atomic mass is 79.9. The molecule has 0 unspecified atom stereocenters. The molecule has 0 saturated heterocycles. The van der Waals surface area contributed by atoms with Gasteiger partial charge in [-0.15, -0.1) is 0 Å². The highest BCUT2D eigenvalue weighted by Crippen LogP contribution is 2.22. The fourth-order valence-electron chi connectivity index (χ4n) is 1.34. The molecule has 0 radical (unpaired) electrons. The van der Waals surface area contributed by atoms with Crippen LogP contribution < -0.4 is 10.5 Å². The number of anilines is 1. The van der Waals surface area contributed by atoms with E-state index in [-0.39, 0.29) is 10.6 Å². The number of nitrogens with one attached hydrogen (secondary N) is 1. The quantitative estimate of drug-likeness (QED) is 0.583. The molecule has 0 aliphatic carbocycles. The Hall–Kier alpha value is -0.240. The van der Waals surface area contributed by atoms with E-state index in [2.05, 4.69) is 27.6 Å². The van der Waals surface area contributed by atoms with E-state index in [0.717, 1.165) is 17.9 Å². The maximum atomic E-state index is 12.0. The standard InChI is InChI=1S/C11H17BrN2O2S2/c1-2-17-7-3-6-14-18(15,16)11-8-9(12)4-5-10(11)13/h4-5,8,14H,2-3,6-7,13H2,1H3. The van der Waals surface area contributed by atoms with Crippen LogP contribution in [0.2, 0.25) is 0 Å². The first-order chi connectivity index (χ1) is 8.47. The lowest BCUT2D eigenvalue weighted by molar-refractivity contribution is 0.581. The Bertz CT molecular complexity index is 492. The largest absolute Gasteiger partial charge is 0.398 e. The van der Waals surface area contributed by atoms with Crippen LogP contribution in [-0.2, 0) is 10.0 Å². The molecule has 1 rings (SSSR count). The van der Waals surface area contributed by atoms with Crippen molar-refractivity contribution in [1.29, 1.82) is 0 Å². The van der Waals surface area contributed by atoms with Gasteiger partial charge in [0.25, 0.3) is 0 Å². The molecule has 3 N–H and O–H groups in total. The van der Waals surface area contributed by atoms with Gasteiger partial charge in [0.15, 0.2) is 0 Å². The first-order valence-corrected chi connectivity index (χ1v) is 9.03. The molecule has 0 atom stereocenters. The van der Waals surface area contributed by atoms with Crippen LogP contribution in [0.1, 0.15) is 13.3 Å². The van der Waals surface area contributed by atoms with Crippen LogP contribution in [0.15, 0.2) is 27.6 Å². The smallest absolute Gasteiger partial charge is 0.242 e. The van der Waals surface area contributed by atoms with E-state index in [1.807, 2.05) is 0 Å². The van der Waals surface area contributed by atoms with Gasteiger partial charge in [-0.3, -0.25) is 0 Å². The second kappa shape index (κ2) is 7.37. The van der Waals surface area contributed by atoms with Crippen molar-refractivity contribution >= 4 is 43.4 Å².